The highest BCUT2D eigenvalue weighted by molar-refractivity contribution is 5.24. The van der Waals surface area contributed by atoms with Gasteiger partial charge in [-0.25, -0.2) is 0 Å². The van der Waals surface area contributed by atoms with Gasteiger partial charge < -0.3 is 0 Å². The molecule has 1 aromatic heterocycles. The first-order valence-electron chi connectivity index (χ1n) is 5.27. The lowest BCUT2D eigenvalue weighted by molar-refractivity contribution is -0.710. The molecule has 1 aromatic carbocycles. The summed E-state index contributed by atoms with van der Waals surface area (Å²) >= 11 is 0. The summed E-state index contributed by atoms with van der Waals surface area (Å²) < 4.78 is 2.09. The van der Waals surface area contributed by atoms with Gasteiger partial charge in [0.2, 0.25) is 0 Å². The summed E-state index contributed by atoms with van der Waals surface area (Å²) in [4.78, 5) is 0. The molecule has 2 nitrogen and oxygen atoms in total. The molecule has 0 radical (unpaired) electrons. The molecule has 0 aliphatic heterocycles. The predicted molar refractivity (Wildman–Crippen MR) is 61.6 cm³/mol. The molecule has 0 aliphatic carbocycles. The van der Waals surface area contributed by atoms with Crippen LogP contribution in [0.4, 0.5) is 0 Å². The van der Waals surface area contributed by atoms with Crippen LogP contribution >= 0.6 is 0 Å². The molecule has 2 aromatic rings. The molecule has 0 N–H and O–H groups in total. The second-order valence-corrected chi connectivity index (χ2v) is 3.73. The Labute approximate surface area is 95.4 Å². The summed E-state index contributed by atoms with van der Waals surface area (Å²) in [7, 11) is 0. The van der Waals surface area contributed by atoms with Crippen molar-refractivity contribution in [2.45, 2.75) is 13.0 Å². The van der Waals surface area contributed by atoms with Gasteiger partial charge in [0, 0.05) is 24.6 Å². The van der Waals surface area contributed by atoms with Crippen molar-refractivity contribution in [1.29, 1.82) is 5.26 Å². The highest BCUT2D eigenvalue weighted by Crippen LogP contribution is 2.10. The SMILES string of the molecule is CC(c1ccccc1)[n+]1ccc(C#N)cc1. The molecule has 0 saturated carbocycles. The van der Waals surface area contributed by atoms with Crippen LogP contribution in [0.5, 0.6) is 0 Å². The van der Waals surface area contributed by atoms with E-state index >= 15 is 0 Å². The van der Waals surface area contributed by atoms with Crippen molar-refractivity contribution >= 4 is 0 Å². The highest BCUT2D eigenvalue weighted by atomic mass is 15.0. The molecule has 0 spiro atoms. The van der Waals surface area contributed by atoms with Crippen LogP contribution in [0.25, 0.3) is 0 Å². The number of aromatic nitrogens is 1. The number of nitriles is 1. The lowest BCUT2D eigenvalue weighted by Gasteiger charge is -2.06. The Morgan fingerprint density at radius 1 is 1.06 bits per heavy atom. The minimum Gasteiger partial charge on any atom is -0.198 e. The minimum atomic E-state index is 0.286. The maximum atomic E-state index is 8.72. The molecule has 0 bridgehead atoms. The quantitative estimate of drug-likeness (QED) is 0.698. The zero-order valence-electron chi connectivity index (χ0n) is 9.17. The molecule has 16 heavy (non-hydrogen) atoms. The maximum absolute atomic E-state index is 8.72. The molecule has 78 valence electrons. The Hall–Kier alpha value is -2.14. The Bertz CT molecular complexity index is 495. The fourth-order valence-corrected chi connectivity index (χ4v) is 1.67. The molecular weight excluding hydrogens is 196 g/mol. The Morgan fingerprint density at radius 2 is 1.69 bits per heavy atom. The molecule has 1 atom stereocenters. The van der Waals surface area contributed by atoms with Crippen LogP contribution in [-0.4, -0.2) is 0 Å². The first-order valence-corrected chi connectivity index (χ1v) is 5.27. The van der Waals surface area contributed by atoms with Gasteiger partial charge in [-0.15, -0.1) is 0 Å². The molecule has 1 heterocycles. The third-order valence-electron chi connectivity index (χ3n) is 2.71. The van der Waals surface area contributed by atoms with E-state index in [9.17, 15) is 0 Å². The van der Waals surface area contributed by atoms with Crippen LogP contribution < -0.4 is 4.57 Å². The van der Waals surface area contributed by atoms with Gasteiger partial charge in [0.1, 0.15) is 0 Å². The van der Waals surface area contributed by atoms with Gasteiger partial charge in [-0.3, -0.25) is 0 Å². The second-order valence-electron chi connectivity index (χ2n) is 3.73. The fourth-order valence-electron chi connectivity index (χ4n) is 1.67. The van der Waals surface area contributed by atoms with Crippen molar-refractivity contribution in [3.05, 3.63) is 66.0 Å². The molecule has 1 unspecified atom stereocenters. The van der Waals surface area contributed by atoms with Crippen LogP contribution in [0.15, 0.2) is 54.9 Å². The topological polar surface area (TPSA) is 27.7 Å². The summed E-state index contributed by atoms with van der Waals surface area (Å²) in [5.41, 5.74) is 1.95. The summed E-state index contributed by atoms with van der Waals surface area (Å²) in [6, 6.07) is 16.4. The van der Waals surface area contributed by atoms with Gasteiger partial charge in [-0.2, -0.15) is 9.83 Å². The van der Waals surface area contributed by atoms with E-state index in [1.165, 1.54) is 5.56 Å². The van der Waals surface area contributed by atoms with E-state index in [1.807, 2.05) is 42.7 Å². The van der Waals surface area contributed by atoms with E-state index < -0.39 is 0 Å². The number of nitrogens with zero attached hydrogens (tertiary/aromatic N) is 2. The lowest BCUT2D eigenvalue weighted by atomic mass is 10.1. The standard InChI is InChI=1S/C14H13N2/c1-12(14-5-3-2-4-6-14)16-9-7-13(11-15)8-10-16/h2-10,12H,1H3/q+1. The lowest BCUT2D eigenvalue weighted by Crippen LogP contribution is -2.37. The van der Waals surface area contributed by atoms with Crippen molar-refractivity contribution in [3.63, 3.8) is 0 Å². The van der Waals surface area contributed by atoms with Gasteiger partial charge in [0.05, 0.1) is 11.6 Å². The normalized spacial score (nSPS) is 11.8. The average molecular weight is 209 g/mol. The van der Waals surface area contributed by atoms with Crippen LogP contribution in [0.3, 0.4) is 0 Å². The number of pyridine rings is 1. The Morgan fingerprint density at radius 3 is 2.25 bits per heavy atom. The second kappa shape index (κ2) is 4.59. The van der Waals surface area contributed by atoms with Crippen LogP contribution in [0, 0.1) is 11.3 Å². The van der Waals surface area contributed by atoms with Crippen molar-refractivity contribution < 1.29 is 4.57 Å². The monoisotopic (exact) mass is 209 g/mol. The largest absolute Gasteiger partial charge is 0.198 e. The van der Waals surface area contributed by atoms with Gasteiger partial charge in [-0.1, -0.05) is 30.3 Å². The molecule has 2 rings (SSSR count). The van der Waals surface area contributed by atoms with E-state index in [0.29, 0.717) is 5.56 Å². The molecule has 0 fully saturated rings. The van der Waals surface area contributed by atoms with E-state index in [4.69, 9.17) is 5.26 Å². The number of hydrogen-bond donors (Lipinski definition) is 0. The number of rotatable bonds is 2. The van der Waals surface area contributed by atoms with E-state index in [-0.39, 0.29) is 6.04 Å². The van der Waals surface area contributed by atoms with Crippen molar-refractivity contribution in [3.8, 4) is 6.07 Å². The average Bonchev–Trinajstić information content (AvgIpc) is 2.39. The van der Waals surface area contributed by atoms with Crippen LogP contribution in [0.2, 0.25) is 0 Å². The number of hydrogen-bond acceptors (Lipinski definition) is 1. The summed E-state index contributed by atoms with van der Waals surface area (Å²) in [5, 5.41) is 8.72. The Balaban J connectivity index is 2.28. The fraction of sp³-hybridized carbons (Fsp3) is 0.143. The van der Waals surface area contributed by atoms with Crippen molar-refractivity contribution in [2.24, 2.45) is 0 Å². The van der Waals surface area contributed by atoms with E-state index in [2.05, 4.69) is 29.7 Å². The van der Waals surface area contributed by atoms with Gasteiger partial charge in [0.15, 0.2) is 18.4 Å². The molecule has 0 amide bonds. The van der Waals surface area contributed by atoms with E-state index in [1.54, 1.807) is 0 Å². The highest BCUT2D eigenvalue weighted by Gasteiger charge is 2.13. The predicted octanol–water partition coefficient (Wildman–Crippen LogP) is 2.46. The van der Waals surface area contributed by atoms with Gasteiger partial charge in [-0.05, 0) is 0 Å². The molecule has 0 saturated heterocycles. The van der Waals surface area contributed by atoms with E-state index in [0.717, 1.165) is 0 Å². The first-order chi connectivity index (χ1) is 7.81. The summed E-state index contributed by atoms with van der Waals surface area (Å²) in [6.45, 7) is 2.14. The van der Waals surface area contributed by atoms with Crippen molar-refractivity contribution in [2.75, 3.05) is 0 Å². The molecule has 0 aliphatic rings. The van der Waals surface area contributed by atoms with Crippen LogP contribution in [0.1, 0.15) is 24.1 Å². The minimum absolute atomic E-state index is 0.286. The van der Waals surface area contributed by atoms with Crippen molar-refractivity contribution in [1.82, 2.24) is 0 Å². The zero-order chi connectivity index (χ0) is 11.4. The molecule has 2 heteroatoms. The maximum Gasteiger partial charge on any atom is 0.180 e. The summed E-state index contributed by atoms with van der Waals surface area (Å²) in [6.07, 6.45) is 3.88. The number of benzene rings is 1. The zero-order valence-corrected chi connectivity index (χ0v) is 9.17. The molecular formula is C14H13N2+. The third kappa shape index (κ3) is 2.09. The van der Waals surface area contributed by atoms with Gasteiger partial charge in [0.25, 0.3) is 0 Å². The van der Waals surface area contributed by atoms with Gasteiger partial charge >= 0.3 is 0 Å². The smallest absolute Gasteiger partial charge is 0.180 e. The first kappa shape index (κ1) is 10.4. The third-order valence-corrected chi connectivity index (χ3v) is 2.71. The summed E-state index contributed by atoms with van der Waals surface area (Å²) in [5.74, 6) is 0. The Kier molecular flexibility index (Phi) is 2.98. The van der Waals surface area contributed by atoms with Crippen LogP contribution in [-0.2, 0) is 0 Å².